The molecule has 0 unspecified atom stereocenters. The molecule has 1 aromatic heterocycles. The van der Waals surface area contributed by atoms with Gasteiger partial charge in [-0.05, 0) is 18.1 Å². The van der Waals surface area contributed by atoms with Crippen molar-refractivity contribution in [3.05, 3.63) is 35.7 Å². The minimum Gasteiger partial charge on any atom is -0.381 e. The third kappa shape index (κ3) is 1.95. The Morgan fingerprint density at radius 2 is 2.00 bits per heavy atom. The summed E-state index contributed by atoms with van der Waals surface area (Å²) in [5.74, 6) is 0.386. The van der Waals surface area contributed by atoms with Crippen LogP contribution in [0.5, 0.6) is 0 Å². The van der Waals surface area contributed by atoms with Crippen LogP contribution >= 0.6 is 0 Å². The summed E-state index contributed by atoms with van der Waals surface area (Å²) >= 11 is 0. The van der Waals surface area contributed by atoms with Crippen LogP contribution in [-0.2, 0) is 6.42 Å². The second-order valence-corrected chi connectivity index (χ2v) is 4.26. The summed E-state index contributed by atoms with van der Waals surface area (Å²) in [4.78, 5) is 14.1. The van der Waals surface area contributed by atoms with Crippen molar-refractivity contribution < 1.29 is 0 Å². The van der Waals surface area contributed by atoms with Gasteiger partial charge in [0.25, 0.3) is 0 Å². The highest BCUT2D eigenvalue weighted by Crippen LogP contribution is 2.32. The SMILES string of the molecule is N=C(N)c1nc(N)nc(N2CCc3ccccc32)n1. The Labute approximate surface area is 109 Å². The van der Waals surface area contributed by atoms with E-state index in [0.717, 1.165) is 18.7 Å². The van der Waals surface area contributed by atoms with Gasteiger partial charge in [0.05, 0.1) is 0 Å². The molecule has 7 nitrogen and oxygen atoms in total. The Hall–Kier alpha value is -2.70. The van der Waals surface area contributed by atoms with E-state index in [1.165, 1.54) is 5.56 Å². The fourth-order valence-corrected chi connectivity index (χ4v) is 2.17. The number of nitrogens with two attached hydrogens (primary N) is 2. The summed E-state index contributed by atoms with van der Waals surface area (Å²) in [6.07, 6.45) is 0.928. The second kappa shape index (κ2) is 4.20. The molecule has 0 bridgehead atoms. The molecular formula is C12H13N7. The zero-order chi connectivity index (χ0) is 13.4. The number of fused-ring (bicyclic) bond motifs is 1. The number of benzene rings is 1. The Bertz CT molecular complexity index is 652. The maximum atomic E-state index is 7.40. The first-order chi connectivity index (χ1) is 9.15. The van der Waals surface area contributed by atoms with Gasteiger partial charge < -0.3 is 16.4 Å². The fraction of sp³-hybridized carbons (Fsp3) is 0.167. The van der Waals surface area contributed by atoms with E-state index in [2.05, 4.69) is 21.0 Å². The van der Waals surface area contributed by atoms with Gasteiger partial charge in [0.15, 0.2) is 5.84 Å². The summed E-state index contributed by atoms with van der Waals surface area (Å²) in [5, 5.41) is 7.40. The van der Waals surface area contributed by atoms with Gasteiger partial charge in [-0.3, -0.25) is 5.41 Å². The summed E-state index contributed by atoms with van der Waals surface area (Å²) in [6, 6.07) is 8.06. The lowest BCUT2D eigenvalue weighted by Gasteiger charge is -2.17. The molecule has 1 aliphatic rings. The molecule has 0 amide bonds. The molecule has 3 rings (SSSR count). The third-order valence-electron chi connectivity index (χ3n) is 3.01. The highest BCUT2D eigenvalue weighted by molar-refractivity contribution is 5.91. The molecule has 7 heteroatoms. The van der Waals surface area contributed by atoms with Crippen LogP contribution in [0, 0.1) is 5.41 Å². The zero-order valence-corrected chi connectivity index (χ0v) is 10.2. The Morgan fingerprint density at radius 1 is 1.21 bits per heavy atom. The van der Waals surface area contributed by atoms with E-state index in [9.17, 15) is 0 Å². The van der Waals surface area contributed by atoms with E-state index < -0.39 is 0 Å². The van der Waals surface area contributed by atoms with Gasteiger partial charge >= 0.3 is 0 Å². The van der Waals surface area contributed by atoms with Crippen LogP contribution in [0.15, 0.2) is 24.3 Å². The van der Waals surface area contributed by atoms with E-state index in [4.69, 9.17) is 16.9 Å². The first kappa shape index (κ1) is 11.4. The lowest BCUT2D eigenvalue weighted by Crippen LogP contribution is -2.22. The lowest BCUT2D eigenvalue weighted by atomic mass is 10.2. The van der Waals surface area contributed by atoms with E-state index >= 15 is 0 Å². The number of amidine groups is 1. The molecule has 1 aromatic carbocycles. The number of nitrogens with zero attached hydrogens (tertiary/aromatic N) is 4. The third-order valence-corrected chi connectivity index (χ3v) is 3.01. The molecule has 0 saturated heterocycles. The summed E-state index contributed by atoms with van der Waals surface area (Å²) in [5.41, 5.74) is 13.3. The van der Waals surface area contributed by atoms with Gasteiger partial charge in [-0.1, -0.05) is 18.2 Å². The molecule has 1 aliphatic heterocycles. The van der Waals surface area contributed by atoms with Crippen LogP contribution in [0.25, 0.3) is 0 Å². The van der Waals surface area contributed by atoms with Crippen LogP contribution in [0.1, 0.15) is 11.4 Å². The molecule has 2 aromatic rings. The fourth-order valence-electron chi connectivity index (χ4n) is 2.17. The topological polar surface area (TPSA) is 118 Å². The first-order valence-electron chi connectivity index (χ1n) is 5.86. The smallest absolute Gasteiger partial charge is 0.235 e. The molecule has 0 aliphatic carbocycles. The minimum absolute atomic E-state index is 0.0691. The number of hydrogen-bond acceptors (Lipinski definition) is 6. The normalized spacial score (nSPS) is 13.4. The Kier molecular flexibility index (Phi) is 2.52. The number of hydrogen-bond donors (Lipinski definition) is 3. The number of nitrogens with one attached hydrogen (secondary N) is 1. The van der Waals surface area contributed by atoms with Gasteiger partial charge in [-0.15, -0.1) is 0 Å². The van der Waals surface area contributed by atoms with Gasteiger partial charge in [0.2, 0.25) is 17.7 Å². The van der Waals surface area contributed by atoms with Gasteiger partial charge in [-0.2, -0.15) is 15.0 Å². The molecule has 0 radical (unpaired) electrons. The van der Waals surface area contributed by atoms with E-state index in [0.29, 0.717) is 5.95 Å². The molecule has 0 spiro atoms. The summed E-state index contributed by atoms with van der Waals surface area (Å²) < 4.78 is 0. The van der Waals surface area contributed by atoms with Gasteiger partial charge in [0, 0.05) is 12.2 Å². The van der Waals surface area contributed by atoms with Gasteiger partial charge in [0.1, 0.15) is 0 Å². The standard InChI is InChI=1S/C12H13N7/c13-9(14)10-16-11(15)18-12(17-10)19-6-5-7-3-1-2-4-8(7)19/h1-4H,5-6H2,(H3,13,14)(H2,15,16,17,18). The monoisotopic (exact) mass is 255 g/mol. The van der Waals surface area contributed by atoms with Crippen molar-refractivity contribution in [2.24, 2.45) is 5.73 Å². The minimum atomic E-state index is -0.220. The highest BCUT2D eigenvalue weighted by Gasteiger charge is 2.23. The Balaban J connectivity index is 2.07. The van der Waals surface area contributed by atoms with Crippen molar-refractivity contribution in [3.8, 4) is 0 Å². The summed E-state index contributed by atoms with van der Waals surface area (Å²) in [6.45, 7) is 0.778. The maximum absolute atomic E-state index is 7.40. The average Bonchev–Trinajstić information content (AvgIpc) is 2.81. The van der Waals surface area contributed by atoms with Crippen molar-refractivity contribution in [2.45, 2.75) is 6.42 Å². The molecule has 0 atom stereocenters. The maximum Gasteiger partial charge on any atom is 0.235 e. The molecule has 19 heavy (non-hydrogen) atoms. The predicted octanol–water partition coefficient (Wildman–Crippen LogP) is 0.432. The van der Waals surface area contributed by atoms with Crippen LogP contribution < -0.4 is 16.4 Å². The molecule has 5 N–H and O–H groups in total. The molecule has 0 saturated carbocycles. The average molecular weight is 255 g/mol. The van der Waals surface area contributed by atoms with Crippen LogP contribution in [0.3, 0.4) is 0 Å². The van der Waals surface area contributed by atoms with Crippen LogP contribution in [0.2, 0.25) is 0 Å². The highest BCUT2D eigenvalue weighted by atomic mass is 15.3. The van der Waals surface area contributed by atoms with E-state index in [1.807, 2.05) is 23.1 Å². The molecule has 0 fully saturated rings. The number of rotatable bonds is 2. The Morgan fingerprint density at radius 3 is 2.79 bits per heavy atom. The molecule has 2 heterocycles. The lowest BCUT2D eigenvalue weighted by molar-refractivity contribution is 0.915. The van der Waals surface area contributed by atoms with Crippen molar-refractivity contribution in [1.82, 2.24) is 15.0 Å². The number of anilines is 3. The van der Waals surface area contributed by atoms with Gasteiger partial charge in [-0.25, -0.2) is 0 Å². The van der Waals surface area contributed by atoms with Crippen molar-refractivity contribution in [3.63, 3.8) is 0 Å². The number of para-hydroxylation sites is 1. The molecular weight excluding hydrogens is 242 g/mol. The van der Waals surface area contributed by atoms with Crippen molar-refractivity contribution >= 4 is 23.4 Å². The van der Waals surface area contributed by atoms with Crippen LogP contribution in [-0.4, -0.2) is 27.3 Å². The van der Waals surface area contributed by atoms with E-state index in [1.54, 1.807) is 0 Å². The predicted molar refractivity (Wildman–Crippen MR) is 72.4 cm³/mol. The van der Waals surface area contributed by atoms with Crippen LogP contribution in [0.4, 0.5) is 17.6 Å². The number of aromatic nitrogens is 3. The summed E-state index contributed by atoms with van der Waals surface area (Å²) in [7, 11) is 0. The zero-order valence-electron chi connectivity index (χ0n) is 10.2. The van der Waals surface area contributed by atoms with Crippen molar-refractivity contribution in [2.75, 3.05) is 17.2 Å². The van der Waals surface area contributed by atoms with Crippen molar-refractivity contribution in [1.29, 1.82) is 5.41 Å². The van der Waals surface area contributed by atoms with E-state index in [-0.39, 0.29) is 17.6 Å². The molecule has 96 valence electrons. The number of nitrogen functional groups attached to an aromatic ring is 2. The largest absolute Gasteiger partial charge is 0.381 e. The quantitative estimate of drug-likeness (QED) is 0.529. The first-order valence-corrected chi connectivity index (χ1v) is 5.86. The second-order valence-electron chi connectivity index (χ2n) is 4.26.